The first-order valence-electron chi connectivity index (χ1n) is 9.35. The highest BCUT2D eigenvalue weighted by atomic mass is 35.5. The van der Waals surface area contributed by atoms with Gasteiger partial charge in [-0.05, 0) is 41.2 Å². The molecule has 0 aliphatic heterocycles. The predicted octanol–water partition coefficient (Wildman–Crippen LogP) is 4.83. The van der Waals surface area contributed by atoms with Crippen LogP contribution in [0.5, 0.6) is 0 Å². The van der Waals surface area contributed by atoms with Gasteiger partial charge >= 0.3 is 0 Å². The van der Waals surface area contributed by atoms with Crippen molar-refractivity contribution in [1.29, 1.82) is 0 Å². The number of halogens is 1. The van der Waals surface area contributed by atoms with E-state index >= 15 is 0 Å². The van der Waals surface area contributed by atoms with Crippen molar-refractivity contribution >= 4 is 23.2 Å². The third-order valence-corrected chi connectivity index (χ3v) is 4.65. The summed E-state index contributed by atoms with van der Waals surface area (Å²) in [5, 5.41) is 16.1. The van der Waals surface area contributed by atoms with Gasteiger partial charge in [0.25, 0.3) is 0 Å². The van der Waals surface area contributed by atoms with Crippen molar-refractivity contribution in [3.63, 3.8) is 0 Å². The van der Waals surface area contributed by atoms with Gasteiger partial charge in [-0.2, -0.15) is 5.10 Å². The topological polar surface area (TPSA) is 64.9 Å². The van der Waals surface area contributed by atoms with Crippen LogP contribution in [0.25, 0.3) is 11.1 Å². The lowest BCUT2D eigenvalue weighted by atomic mass is 9.89. The first-order valence-corrected chi connectivity index (χ1v) is 9.73. The first kappa shape index (κ1) is 21.9. The molecule has 2 N–H and O–H groups in total. The van der Waals surface area contributed by atoms with Crippen molar-refractivity contribution in [3.8, 4) is 11.1 Å². The lowest BCUT2D eigenvalue weighted by molar-refractivity contribution is -0.133. The number of amides is 1. The standard InChI is InChI=1S/C22H28ClN3O2/c1-15(2)13-19(22(27)25-28)14-21(24-26(3)4)18-7-5-16(6-8-18)17-9-11-20(23)12-10-17/h5-12,15,19,28H,13-14H2,1-4H3,(H,25,27)/b24-21+. The summed E-state index contributed by atoms with van der Waals surface area (Å²) in [6, 6.07) is 15.8. The number of rotatable bonds is 8. The van der Waals surface area contributed by atoms with Gasteiger partial charge in [0.15, 0.2) is 0 Å². The second-order valence-electron chi connectivity index (χ2n) is 7.48. The van der Waals surface area contributed by atoms with Gasteiger partial charge in [-0.3, -0.25) is 10.0 Å². The largest absolute Gasteiger partial charge is 0.303 e. The Hall–Kier alpha value is -2.37. The zero-order valence-electron chi connectivity index (χ0n) is 16.8. The molecule has 1 amide bonds. The van der Waals surface area contributed by atoms with E-state index in [0.717, 1.165) is 22.4 Å². The van der Waals surface area contributed by atoms with Crippen LogP contribution in [0.1, 0.15) is 32.3 Å². The number of carbonyl (C=O) groups is 1. The zero-order chi connectivity index (χ0) is 20.7. The van der Waals surface area contributed by atoms with E-state index in [0.29, 0.717) is 23.8 Å². The fourth-order valence-electron chi connectivity index (χ4n) is 3.13. The van der Waals surface area contributed by atoms with Crippen molar-refractivity contribution in [2.45, 2.75) is 26.7 Å². The smallest absolute Gasteiger partial charge is 0.246 e. The second kappa shape index (κ2) is 10.2. The van der Waals surface area contributed by atoms with Crippen LogP contribution in [0.4, 0.5) is 0 Å². The molecule has 1 atom stereocenters. The fraction of sp³-hybridized carbons (Fsp3) is 0.364. The van der Waals surface area contributed by atoms with Crippen molar-refractivity contribution in [1.82, 2.24) is 10.5 Å². The van der Waals surface area contributed by atoms with Crippen LogP contribution in [0.2, 0.25) is 5.02 Å². The molecule has 2 rings (SSSR count). The van der Waals surface area contributed by atoms with Crippen molar-refractivity contribution < 1.29 is 10.0 Å². The molecule has 150 valence electrons. The Balaban J connectivity index is 2.29. The van der Waals surface area contributed by atoms with Crippen molar-refractivity contribution in [2.24, 2.45) is 16.9 Å². The average Bonchev–Trinajstić information content (AvgIpc) is 2.66. The molecule has 0 radical (unpaired) electrons. The maximum atomic E-state index is 12.1. The summed E-state index contributed by atoms with van der Waals surface area (Å²) in [7, 11) is 3.71. The molecular formula is C22H28ClN3O2. The van der Waals surface area contributed by atoms with Crippen LogP contribution in [0.15, 0.2) is 53.6 Å². The third-order valence-electron chi connectivity index (χ3n) is 4.39. The van der Waals surface area contributed by atoms with Crippen LogP contribution >= 0.6 is 11.6 Å². The van der Waals surface area contributed by atoms with Crippen LogP contribution in [0.3, 0.4) is 0 Å². The van der Waals surface area contributed by atoms with E-state index in [1.54, 1.807) is 10.5 Å². The molecule has 0 aliphatic carbocycles. The minimum Gasteiger partial charge on any atom is -0.303 e. The maximum Gasteiger partial charge on any atom is 0.246 e. The number of nitrogens with zero attached hydrogens (tertiary/aromatic N) is 2. The van der Waals surface area contributed by atoms with Crippen LogP contribution in [0, 0.1) is 11.8 Å². The lowest BCUT2D eigenvalue weighted by Crippen LogP contribution is -2.31. The molecule has 0 saturated carbocycles. The van der Waals surface area contributed by atoms with Gasteiger partial charge in [0.05, 0.1) is 5.71 Å². The summed E-state index contributed by atoms with van der Waals surface area (Å²) in [6.07, 6.45) is 1.12. The average molecular weight is 402 g/mol. The minimum absolute atomic E-state index is 0.329. The van der Waals surface area contributed by atoms with Crippen LogP contribution in [-0.4, -0.2) is 35.9 Å². The number of hydrazone groups is 1. The molecule has 0 saturated heterocycles. The summed E-state index contributed by atoms with van der Waals surface area (Å²) in [5.74, 6) is -0.396. The van der Waals surface area contributed by atoms with Crippen molar-refractivity contribution in [3.05, 3.63) is 59.1 Å². The lowest BCUT2D eigenvalue weighted by Gasteiger charge is -2.19. The van der Waals surface area contributed by atoms with E-state index in [2.05, 4.69) is 18.9 Å². The van der Waals surface area contributed by atoms with E-state index in [-0.39, 0.29) is 11.8 Å². The summed E-state index contributed by atoms with van der Waals surface area (Å²) in [5.41, 5.74) is 5.72. The molecule has 2 aromatic carbocycles. The van der Waals surface area contributed by atoms with Gasteiger partial charge < -0.3 is 5.01 Å². The monoisotopic (exact) mass is 401 g/mol. The highest BCUT2D eigenvalue weighted by Gasteiger charge is 2.22. The van der Waals surface area contributed by atoms with Crippen LogP contribution in [-0.2, 0) is 4.79 Å². The predicted molar refractivity (Wildman–Crippen MR) is 115 cm³/mol. The minimum atomic E-state index is -0.377. The molecule has 0 heterocycles. The molecular weight excluding hydrogens is 374 g/mol. The van der Waals surface area contributed by atoms with E-state index in [1.165, 1.54) is 0 Å². The Bertz CT molecular complexity index is 800. The van der Waals surface area contributed by atoms with Crippen molar-refractivity contribution in [2.75, 3.05) is 14.1 Å². The maximum absolute atomic E-state index is 12.1. The number of hydroxylamine groups is 1. The number of benzene rings is 2. The van der Waals surface area contributed by atoms with E-state index < -0.39 is 0 Å². The Labute approximate surface area is 172 Å². The van der Waals surface area contributed by atoms with Gasteiger partial charge in [-0.1, -0.05) is 61.8 Å². The molecule has 0 spiro atoms. The Morgan fingerprint density at radius 2 is 1.61 bits per heavy atom. The van der Waals surface area contributed by atoms with Gasteiger partial charge in [0.2, 0.25) is 5.91 Å². The molecule has 0 fully saturated rings. The normalized spacial score (nSPS) is 12.8. The number of nitrogens with one attached hydrogen (secondary N) is 1. The molecule has 5 nitrogen and oxygen atoms in total. The van der Waals surface area contributed by atoms with Crippen LogP contribution < -0.4 is 5.48 Å². The molecule has 1 unspecified atom stereocenters. The highest BCUT2D eigenvalue weighted by molar-refractivity contribution is 6.30. The highest BCUT2D eigenvalue weighted by Crippen LogP contribution is 2.24. The summed E-state index contributed by atoms with van der Waals surface area (Å²) in [4.78, 5) is 12.1. The summed E-state index contributed by atoms with van der Waals surface area (Å²) < 4.78 is 0. The van der Waals surface area contributed by atoms with E-state index in [1.807, 2.05) is 62.6 Å². The molecule has 28 heavy (non-hydrogen) atoms. The molecule has 0 aromatic heterocycles. The van der Waals surface area contributed by atoms with E-state index in [9.17, 15) is 4.79 Å². The van der Waals surface area contributed by atoms with E-state index in [4.69, 9.17) is 16.8 Å². The SMILES string of the molecule is CC(C)CC(C/C(=N\N(C)C)c1ccc(-c2ccc(Cl)cc2)cc1)C(=O)NO. The van der Waals surface area contributed by atoms with Gasteiger partial charge in [-0.25, -0.2) is 5.48 Å². The molecule has 0 aliphatic rings. The zero-order valence-corrected chi connectivity index (χ0v) is 17.6. The Kier molecular flexibility index (Phi) is 8.03. The molecule has 2 aromatic rings. The molecule has 6 heteroatoms. The Morgan fingerprint density at radius 1 is 1.07 bits per heavy atom. The molecule has 0 bridgehead atoms. The number of hydrogen-bond donors (Lipinski definition) is 2. The number of carbonyl (C=O) groups excluding carboxylic acids is 1. The van der Waals surface area contributed by atoms with Gasteiger partial charge in [0.1, 0.15) is 0 Å². The number of hydrogen-bond acceptors (Lipinski definition) is 4. The van der Waals surface area contributed by atoms with Gasteiger partial charge in [0, 0.05) is 31.5 Å². The second-order valence-corrected chi connectivity index (χ2v) is 7.92. The Morgan fingerprint density at radius 3 is 2.07 bits per heavy atom. The quantitative estimate of drug-likeness (QED) is 0.378. The van der Waals surface area contributed by atoms with Gasteiger partial charge in [-0.15, -0.1) is 0 Å². The summed E-state index contributed by atoms with van der Waals surface area (Å²) in [6.45, 7) is 4.11. The fourth-order valence-corrected chi connectivity index (χ4v) is 3.26. The third kappa shape index (κ3) is 6.36. The summed E-state index contributed by atoms with van der Waals surface area (Å²) >= 11 is 5.97. The first-order chi connectivity index (χ1) is 13.3.